The largest absolute Gasteiger partial charge is 0.287 e. The highest BCUT2D eigenvalue weighted by Gasteiger charge is 2.26. The van der Waals surface area contributed by atoms with Crippen molar-refractivity contribution >= 4 is 27.0 Å². The van der Waals surface area contributed by atoms with Crippen molar-refractivity contribution < 1.29 is 8.42 Å². The van der Waals surface area contributed by atoms with Gasteiger partial charge >= 0.3 is 0 Å². The summed E-state index contributed by atoms with van der Waals surface area (Å²) in [5, 5.41) is 0.615. The van der Waals surface area contributed by atoms with Crippen molar-refractivity contribution in [3.8, 4) is 0 Å². The van der Waals surface area contributed by atoms with Crippen LogP contribution in [0.3, 0.4) is 0 Å². The van der Waals surface area contributed by atoms with Crippen LogP contribution in [0.15, 0.2) is 24.4 Å². The number of imidazole rings is 1. The second-order valence-corrected chi connectivity index (χ2v) is 7.73. The van der Waals surface area contributed by atoms with Crippen molar-refractivity contribution in [2.75, 3.05) is 11.5 Å². The molecule has 2 aromatic heterocycles. The van der Waals surface area contributed by atoms with Gasteiger partial charge < -0.3 is 0 Å². The van der Waals surface area contributed by atoms with Gasteiger partial charge in [0.1, 0.15) is 11.0 Å². The van der Waals surface area contributed by atoms with Gasteiger partial charge in [-0.25, -0.2) is 13.4 Å². The Labute approximate surface area is 117 Å². The highest BCUT2D eigenvalue weighted by molar-refractivity contribution is 7.91. The predicted molar refractivity (Wildman–Crippen MR) is 75.3 cm³/mol. The molecule has 0 bridgehead atoms. The van der Waals surface area contributed by atoms with Gasteiger partial charge in [0.05, 0.1) is 23.2 Å². The van der Waals surface area contributed by atoms with Crippen molar-refractivity contribution in [2.24, 2.45) is 5.92 Å². The smallest absolute Gasteiger partial charge is 0.150 e. The molecule has 0 aliphatic carbocycles. The molecule has 0 saturated carbocycles. The second kappa shape index (κ2) is 4.80. The Morgan fingerprint density at radius 1 is 1.42 bits per heavy atom. The molecule has 1 aliphatic heterocycles. The minimum Gasteiger partial charge on any atom is -0.287 e. The Kier molecular flexibility index (Phi) is 3.27. The molecule has 0 N–H and O–H groups in total. The van der Waals surface area contributed by atoms with Gasteiger partial charge in [0.2, 0.25) is 0 Å². The van der Waals surface area contributed by atoms with Crippen molar-refractivity contribution in [3.05, 3.63) is 35.4 Å². The number of hydrogen-bond acceptors (Lipinski definition) is 3. The normalized spacial score (nSPS) is 22.7. The van der Waals surface area contributed by atoms with Crippen molar-refractivity contribution in [3.63, 3.8) is 0 Å². The third kappa shape index (κ3) is 2.62. The molecule has 19 heavy (non-hydrogen) atoms. The van der Waals surface area contributed by atoms with E-state index in [4.69, 9.17) is 11.6 Å². The van der Waals surface area contributed by atoms with Crippen LogP contribution in [0.1, 0.15) is 18.7 Å². The lowest BCUT2D eigenvalue weighted by atomic mass is 10.0. The van der Waals surface area contributed by atoms with E-state index in [-0.39, 0.29) is 11.7 Å². The van der Waals surface area contributed by atoms with Crippen LogP contribution in [0.5, 0.6) is 0 Å². The number of nitrogens with zero attached hydrogens (tertiary/aromatic N) is 2. The van der Waals surface area contributed by atoms with E-state index < -0.39 is 9.84 Å². The molecule has 1 aliphatic rings. The molecule has 0 amide bonds. The Morgan fingerprint density at radius 2 is 2.26 bits per heavy atom. The highest BCUT2D eigenvalue weighted by atomic mass is 35.5. The summed E-state index contributed by atoms with van der Waals surface area (Å²) in [6.07, 6.45) is 4.14. The van der Waals surface area contributed by atoms with Gasteiger partial charge in [0.25, 0.3) is 0 Å². The minimum absolute atomic E-state index is 0.153. The van der Waals surface area contributed by atoms with Crippen LogP contribution in [-0.2, 0) is 16.3 Å². The van der Waals surface area contributed by atoms with E-state index in [0.29, 0.717) is 17.3 Å². The molecule has 1 unspecified atom stereocenters. The summed E-state index contributed by atoms with van der Waals surface area (Å²) in [6, 6.07) is 5.64. The molecule has 1 saturated heterocycles. The first-order valence-corrected chi connectivity index (χ1v) is 8.56. The molecule has 0 radical (unpaired) electrons. The van der Waals surface area contributed by atoms with E-state index in [0.717, 1.165) is 24.2 Å². The van der Waals surface area contributed by atoms with Crippen molar-refractivity contribution in [2.45, 2.75) is 19.3 Å². The zero-order valence-electron chi connectivity index (χ0n) is 10.4. The minimum atomic E-state index is -2.87. The molecule has 2 aromatic rings. The maximum absolute atomic E-state index is 11.7. The molecule has 1 atom stereocenters. The van der Waals surface area contributed by atoms with Crippen molar-refractivity contribution in [1.29, 1.82) is 0 Å². The number of rotatable bonds is 2. The zero-order chi connectivity index (χ0) is 13.5. The summed E-state index contributed by atoms with van der Waals surface area (Å²) < 4.78 is 25.2. The molecular weight excluding hydrogens is 284 g/mol. The Hall–Kier alpha value is -1.07. The van der Waals surface area contributed by atoms with Crippen LogP contribution in [0.4, 0.5) is 0 Å². The fourth-order valence-electron chi connectivity index (χ4n) is 2.75. The van der Waals surface area contributed by atoms with Crippen molar-refractivity contribution in [1.82, 2.24) is 9.38 Å². The van der Waals surface area contributed by atoms with Crippen LogP contribution < -0.4 is 0 Å². The molecule has 1 fully saturated rings. The van der Waals surface area contributed by atoms with E-state index in [1.165, 1.54) is 0 Å². The number of fused-ring (bicyclic) bond motifs is 1. The van der Waals surface area contributed by atoms with Gasteiger partial charge in [0.15, 0.2) is 9.84 Å². The number of halogens is 1. The lowest BCUT2D eigenvalue weighted by Gasteiger charge is -2.21. The van der Waals surface area contributed by atoms with E-state index in [9.17, 15) is 8.42 Å². The van der Waals surface area contributed by atoms with E-state index in [1.807, 2.05) is 22.6 Å². The lowest BCUT2D eigenvalue weighted by Crippen LogP contribution is -2.27. The first-order chi connectivity index (χ1) is 9.05. The average Bonchev–Trinajstić information content (AvgIpc) is 2.72. The molecule has 0 aromatic carbocycles. The number of hydrogen-bond donors (Lipinski definition) is 0. The standard InChI is InChI=1S/C13H15ClN2O2S/c14-12-5-1-4-11-8-15-13(16(11)12)7-10-3-2-6-19(17,18)9-10/h1,4-5,8,10H,2-3,6-7,9H2. The van der Waals surface area contributed by atoms with E-state index >= 15 is 0 Å². The first kappa shape index (κ1) is 12.9. The average molecular weight is 299 g/mol. The molecule has 102 valence electrons. The fourth-order valence-corrected chi connectivity index (χ4v) is 4.79. The summed E-state index contributed by atoms with van der Waals surface area (Å²) in [4.78, 5) is 4.38. The third-order valence-corrected chi connectivity index (χ3v) is 5.79. The van der Waals surface area contributed by atoms with Crippen LogP contribution in [0, 0.1) is 5.92 Å². The quantitative estimate of drug-likeness (QED) is 0.800. The maximum atomic E-state index is 11.7. The maximum Gasteiger partial charge on any atom is 0.150 e. The number of aromatic nitrogens is 2. The van der Waals surface area contributed by atoms with Crippen LogP contribution in [-0.4, -0.2) is 29.3 Å². The topological polar surface area (TPSA) is 51.4 Å². The third-order valence-electron chi connectivity index (χ3n) is 3.61. The van der Waals surface area contributed by atoms with Gasteiger partial charge in [-0.1, -0.05) is 17.7 Å². The monoisotopic (exact) mass is 298 g/mol. The molecule has 0 spiro atoms. The zero-order valence-corrected chi connectivity index (χ0v) is 12.0. The Morgan fingerprint density at radius 3 is 3.05 bits per heavy atom. The number of pyridine rings is 1. The van der Waals surface area contributed by atoms with Gasteiger partial charge in [0, 0.05) is 6.42 Å². The molecule has 6 heteroatoms. The van der Waals surface area contributed by atoms with Crippen LogP contribution in [0.25, 0.3) is 5.52 Å². The fraction of sp³-hybridized carbons (Fsp3) is 0.462. The summed E-state index contributed by atoms with van der Waals surface area (Å²) in [5.41, 5.74) is 0.946. The highest BCUT2D eigenvalue weighted by Crippen LogP contribution is 2.24. The molecule has 3 heterocycles. The van der Waals surface area contributed by atoms with Gasteiger partial charge in [-0.05, 0) is 30.9 Å². The van der Waals surface area contributed by atoms with Gasteiger partial charge in [-0.2, -0.15) is 0 Å². The van der Waals surface area contributed by atoms with E-state index in [2.05, 4.69) is 4.98 Å². The Bertz CT molecular complexity index is 709. The summed E-state index contributed by atoms with van der Waals surface area (Å²) in [7, 11) is -2.87. The van der Waals surface area contributed by atoms with E-state index in [1.54, 1.807) is 6.20 Å². The first-order valence-electron chi connectivity index (χ1n) is 6.36. The summed E-state index contributed by atoms with van der Waals surface area (Å²) >= 11 is 6.18. The van der Waals surface area contributed by atoms with Gasteiger partial charge in [-0.15, -0.1) is 0 Å². The Balaban J connectivity index is 1.90. The molecule has 4 nitrogen and oxygen atoms in total. The number of sulfone groups is 1. The molecular formula is C13H15ClN2O2S. The van der Waals surface area contributed by atoms with Crippen LogP contribution in [0.2, 0.25) is 5.15 Å². The molecule has 3 rings (SSSR count). The lowest BCUT2D eigenvalue weighted by molar-refractivity contribution is 0.475. The second-order valence-electron chi connectivity index (χ2n) is 5.11. The SMILES string of the molecule is O=S1(=O)CCCC(Cc2ncc3cccc(Cl)n23)C1. The van der Waals surface area contributed by atoms with Crippen LogP contribution >= 0.6 is 11.6 Å². The predicted octanol–water partition coefficient (Wildman–Crippen LogP) is 2.36. The van der Waals surface area contributed by atoms with Gasteiger partial charge in [-0.3, -0.25) is 4.40 Å². The summed E-state index contributed by atoms with van der Waals surface area (Å²) in [5.74, 6) is 1.60. The summed E-state index contributed by atoms with van der Waals surface area (Å²) in [6.45, 7) is 0.